The molecule has 0 bridgehead atoms. The van der Waals surface area contributed by atoms with Crippen molar-refractivity contribution in [3.63, 3.8) is 0 Å². The molecule has 1 aromatic rings. The number of hydrogen-bond donors (Lipinski definition) is 0. The number of Topliss-reactive ketones (excluding diaryl/α,β-unsaturated/α-hetero) is 1. The molecule has 1 aromatic carbocycles. The van der Waals surface area contributed by atoms with Gasteiger partial charge in [-0.3, -0.25) is 4.79 Å². The lowest BCUT2D eigenvalue weighted by Gasteiger charge is -2.37. The second-order valence-electron chi connectivity index (χ2n) is 6.09. The van der Waals surface area contributed by atoms with Crippen molar-refractivity contribution in [1.82, 2.24) is 0 Å². The number of carbonyl (C=O) groups is 1. The van der Waals surface area contributed by atoms with E-state index in [0.717, 1.165) is 41.9 Å². The maximum atomic E-state index is 12.9. The minimum atomic E-state index is -0.0544. The van der Waals surface area contributed by atoms with Gasteiger partial charge in [0.1, 0.15) is 5.75 Å². The van der Waals surface area contributed by atoms with E-state index in [1.807, 2.05) is 36.9 Å². The van der Waals surface area contributed by atoms with Crippen LogP contribution in [0.5, 0.6) is 5.75 Å². The molecule has 0 aliphatic carbocycles. The summed E-state index contributed by atoms with van der Waals surface area (Å²) in [5.41, 5.74) is 1.77. The Morgan fingerprint density at radius 2 is 2.33 bits per heavy atom. The lowest BCUT2D eigenvalue weighted by Crippen LogP contribution is -2.42. The van der Waals surface area contributed by atoms with Gasteiger partial charge in [0.15, 0.2) is 5.78 Å². The molecular formula is C17H22O3S. The Morgan fingerprint density at radius 3 is 3.05 bits per heavy atom. The number of thioether (sulfide) groups is 1. The Balaban J connectivity index is 1.81. The van der Waals surface area contributed by atoms with E-state index in [2.05, 4.69) is 0 Å². The van der Waals surface area contributed by atoms with E-state index >= 15 is 0 Å². The first kappa shape index (κ1) is 14.9. The molecule has 2 fully saturated rings. The van der Waals surface area contributed by atoms with Crippen LogP contribution >= 0.6 is 11.8 Å². The first-order chi connectivity index (χ1) is 10.1. The highest BCUT2D eigenvalue weighted by Crippen LogP contribution is 2.41. The minimum Gasteiger partial charge on any atom is -0.496 e. The van der Waals surface area contributed by atoms with Gasteiger partial charge in [-0.2, -0.15) is 11.8 Å². The maximum absolute atomic E-state index is 12.9. The van der Waals surface area contributed by atoms with E-state index in [0.29, 0.717) is 12.4 Å². The summed E-state index contributed by atoms with van der Waals surface area (Å²) in [5, 5.41) is 0. The van der Waals surface area contributed by atoms with E-state index in [4.69, 9.17) is 9.47 Å². The van der Waals surface area contributed by atoms with Crippen molar-refractivity contribution in [2.24, 2.45) is 5.92 Å². The van der Waals surface area contributed by atoms with E-state index in [1.54, 1.807) is 7.11 Å². The third-order valence-corrected chi connectivity index (χ3v) is 5.78. The summed E-state index contributed by atoms with van der Waals surface area (Å²) in [7, 11) is 1.63. The molecule has 2 heterocycles. The first-order valence-corrected chi connectivity index (χ1v) is 8.70. The number of ketones is 1. The molecule has 0 aromatic heterocycles. The maximum Gasteiger partial charge on any atom is 0.169 e. The topological polar surface area (TPSA) is 35.5 Å². The summed E-state index contributed by atoms with van der Waals surface area (Å²) in [5.74, 6) is 3.15. The zero-order valence-electron chi connectivity index (χ0n) is 12.7. The molecule has 2 saturated heterocycles. The van der Waals surface area contributed by atoms with Crippen molar-refractivity contribution in [2.45, 2.75) is 31.8 Å². The molecule has 0 amide bonds. The molecule has 1 spiro atoms. The Kier molecular flexibility index (Phi) is 4.27. The Morgan fingerprint density at radius 1 is 1.48 bits per heavy atom. The van der Waals surface area contributed by atoms with Crippen molar-refractivity contribution < 1.29 is 14.3 Å². The number of carbonyl (C=O) groups excluding carboxylic acids is 1. The number of aryl methyl sites for hydroxylation is 1. The van der Waals surface area contributed by atoms with Gasteiger partial charge in [-0.25, -0.2) is 0 Å². The zero-order valence-corrected chi connectivity index (χ0v) is 13.5. The van der Waals surface area contributed by atoms with Crippen LogP contribution in [0.25, 0.3) is 0 Å². The van der Waals surface area contributed by atoms with Crippen LogP contribution < -0.4 is 4.74 Å². The smallest absolute Gasteiger partial charge is 0.169 e. The molecule has 3 rings (SSSR count). The lowest BCUT2D eigenvalue weighted by atomic mass is 9.81. The van der Waals surface area contributed by atoms with E-state index < -0.39 is 0 Å². The van der Waals surface area contributed by atoms with Gasteiger partial charge in [0, 0.05) is 18.3 Å². The average Bonchev–Trinajstić information content (AvgIpc) is 2.94. The molecule has 21 heavy (non-hydrogen) atoms. The fourth-order valence-electron chi connectivity index (χ4n) is 3.34. The molecule has 4 heteroatoms. The third kappa shape index (κ3) is 2.97. The molecule has 2 atom stereocenters. The van der Waals surface area contributed by atoms with Gasteiger partial charge in [0.05, 0.1) is 18.3 Å². The summed E-state index contributed by atoms with van der Waals surface area (Å²) in [6, 6.07) is 5.83. The predicted octanol–water partition coefficient (Wildman–Crippen LogP) is 3.49. The van der Waals surface area contributed by atoms with E-state index in [9.17, 15) is 4.79 Å². The van der Waals surface area contributed by atoms with Gasteiger partial charge in [0.25, 0.3) is 0 Å². The van der Waals surface area contributed by atoms with Crippen LogP contribution in [-0.2, 0) is 4.74 Å². The normalized spacial score (nSPS) is 28.8. The number of methoxy groups -OCH3 is 1. The lowest BCUT2D eigenvalue weighted by molar-refractivity contribution is -0.0734. The van der Waals surface area contributed by atoms with Crippen molar-refractivity contribution in [1.29, 1.82) is 0 Å². The fourth-order valence-corrected chi connectivity index (χ4v) is 4.71. The summed E-state index contributed by atoms with van der Waals surface area (Å²) in [6.45, 7) is 2.71. The highest BCUT2D eigenvalue weighted by Gasteiger charge is 2.42. The molecule has 0 saturated carbocycles. The summed E-state index contributed by atoms with van der Waals surface area (Å²) >= 11 is 1.94. The van der Waals surface area contributed by atoms with Crippen molar-refractivity contribution in [3.05, 3.63) is 29.3 Å². The Labute approximate surface area is 130 Å². The van der Waals surface area contributed by atoms with Gasteiger partial charge in [0.2, 0.25) is 0 Å². The van der Waals surface area contributed by atoms with E-state index in [-0.39, 0.29) is 17.3 Å². The molecular weight excluding hydrogens is 284 g/mol. The molecule has 114 valence electrons. The average molecular weight is 306 g/mol. The third-order valence-electron chi connectivity index (χ3n) is 4.55. The second-order valence-corrected chi connectivity index (χ2v) is 7.20. The SMILES string of the molecule is COc1cc(C)ccc1C(=O)C1CCOC2(CCSC2)C1. The largest absolute Gasteiger partial charge is 0.496 e. The van der Waals surface area contributed by atoms with Crippen molar-refractivity contribution in [3.8, 4) is 5.75 Å². The molecule has 0 radical (unpaired) electrons. The van der Waals surface area contributed by atoms with Crippen LogP contribution in [0.3, 0.4) is 0 Å². The van der Waals surface area contributed by atoms with E-state index in [1.165, 1.54) is 0 Å². The monoisotopic (exact) mass is 306 g/mol. The molecule has 2 unspecified atom stereocenters. The second kappa shape index (κ2) is 6.01. The highest BCUT2D eigenvalue weighted by molar-refractivity contribution is 7.99. The molecule has 0 N–H and O–H groups in total. The quantitative estimate of drug-likeness (QED) is 0.801. The zero-order chi connectivity index (χ0) is 14.9. The van der Waals surface area contributed by atoms with Crippen LogP contribution in [0.15, 0.2) is 18.2 Å². The predicted molar refractivity (Wildman–Crippen MR) is 85.4 cm³/mol. The van der Waals surface area contributed by atoms with Gasteiger partial charge >= 0.3 is 0 Å². The van der Waals surface area contributed by atoms with Gasteiger partial charge in [-0.15, -0.1) is 0 Å². The van der Waals surface area contributed by atoms with Gasteiger partial charge in [-0.05, 0) is 49.6 Å². The summed E-state index contributed by atoms with van der Waals surface area (Å²) < 4.78 is 11.4. The van der Waals surface area contributed by atoms with Crippen molar-refractivity contribution >= 4 is 17.5 Å². The van der Waals surface area contributed by atoms with Crippen LogP contribution in [-0.4, -0.2) is 36.6 Å². The standard InChI is InChI=1S/C17H22O3S/c1-12-3-4-14(15(9-12)19-2)16(18)13-5-7-20-17(10-13)6-8-21-11-17/h3-4,9,13H,5-8,10-11H2,1-2H3. The number of ether oxygens (including phenoxy) is 2. The summed E-state index contributed by atoms with van der Waals surface area (Å²) in [6.07, 6.45) is 2.75. The van der Waals surface area contributed by atoms with Gasteiger partial charge < -0.3 is 9.47 Å². The van der Waals surface area contributed by atoms with Gasteiger partial charge in [-0.1, -0.05) is 6.07 Å². The first-order valence-electron chi connectivity index (χ1n) is 7.54. The molecule has 2 aliphatic heterocycles. The number of rotatable bonds is 3. The number of hydrogen-bond acceptors (Lipinski definition) is 4. The summed E-state index contributed by atoms with van der Waals surface area (Å²) in [4.78, 5) is 12.9. The molecule has 3 nitrogen and oxygen atoms in total. The van der Waals surface area contributed by atoms with Crippen LogP contribution in [0, 0.1) is 12.8 Å². The minimum absolute atomic E-state index is 0.0544. The fraction of sp³-hybridized carbons (Fsp3) is 0.588. The number of benzene rings is 1. The van der Waals surface area contributed by atoms with Crippen LogP contribution in [0.4, 0.5) is 0 Å². The Bertz CT molecular complexity index is 535. The van der Waals surface area contributed by atoms with Crippen LogP contribution in [0.1, 0.15) is 35.2 Å². The van der Waals surface area contributed by atoms with Crippen molar-refractivity contribution in [2.75, 3.05) is 25.2 Å². The van der Waals surface area contributed by atoms with Crippen LogP contribution in [0.2, 0.25) is 0 Å². The Hall–Kier alpha value is -1.00. The highest BCUT2D eigenvalue weighted by atomic mass is 32.2. The molecule has 2 aliphatic rings.